The van der Waals surface area contributed by atoms with Crippen LogP contribution in [0.1, 0.15) is 5.56 Å². The molecule has 0 aromatic heterocycles. The first-order chi connectivity index (χ1) is 8.61. The summed E-state index contributed by atoms with van der Waals surface area (Å²) in [6, 6.07) is 11.9. The second kappa shape index (κ2) is 5.51. The zero-order valence-electron chi connectivity index (χ0n) is 8.95. The Balaban J connectivity index is 2.36. The van der Waals surface area contributed by atoms with Crippen molar-refractivity contribution in [2.75, 3.05) is 0 Å². The zero-order chi connectivity index (χ0) is 13.1. The molecule has 0 radical (unpaired) electrons. The Morgan fingerprint density at radius 3 is 2.61 bits per heavy atom. The van der Waals surface area contributed by atoms with Gasteiger partial charge in [0.25, 0.3) is 0 Å². The monoisotopic (exact) mass is 369 g/mol. The molecule has 2 rings (SSSR count). The summed E-state index contributed by atoms with van der Waals surface area (Å²) in [7, 11) is 0. The summed E-state index contributed by atoms with van der Waals surface area (Å²) in [6.45, 7) is 0. The van der Waals surface area contributed by atoms with Gasteiger partial charge in [0.1, 0.15) is 11.8 Å². The molecule has 0 bridgehead atoms. The van der Waals surface area contributed by atoms with Gasteiger partial charge in [0.15, 0.2) is 11.6 Å². The maximum atomic E-state index is 13.9. The van der Waals surface area contributed by atoms with E-state index in [0.717, 1.165) is 4.47 Å². The number of hydrogen-bond donors (Lipinski definition) is 0. The molecule has 0 saturated carbocycles. The first-order valence-electron chi connectivity index (χ1n) is 4.93. The molecule has 2 aromatic carbocycles. The molecular weight excluding hydrogens is 365 g/mol. The second-order valence-electron chi connectivity index (χ2n) is 3.41. The van der Waals surface area contributed by atoms with Crippen molar-refractivity contribution in [2.45, 2.75) is 0 Å². The van der Waals surface area contributed by atoms with E-state index in [0.29, 0.717) is 5.75 Å². The number of rotatable bonds is 2. The van der Waals surface area contributed by atoms with Crippen molar-refractivity contribution in [3.8, 4) is 17.6 Å². The van der Waals surface area contributed by atoms with Gasteiger partial charge in [0.2, 0.25) is 0 Å². The Bertz CT molecular complexity index is 637. The first-order valence-corrected chi connectivity index (χ1v) is 6.52. The lowest BCUT2D eigenvalue weighted by Crippen LogP contribution is -1.91. The molecule has 0 aliphatic carbocycles. The van der Waals surface area contributed by atoms with Gasteiger partial charge in [-0.3, -0.25) is 0 Å². The van der Waals surface area contributed by atoms with Gasteiger partial charge < -0.3 is 4.74 Å². The van der Waals surface area contributed by atoms with E-state index in [9.17, 15) is 4.39 Å². The van der Waals surface area contributed by atoms with Crippen molar-refractivity contribution >= 4 is 31.9 Å². The minimum absolute atomic E-state index is 0.0685. The minimum Gasteiger partial charge on any atom is -0.454 e. The molecule has 2 aromatic rings. The van der Waals surface area contributed by atoms with Crippen molar-refractivity contribution in [3.63, 3.8) is 0 Å². The number of benzene rings is 2. The quantitative estimate of drug-likeness (QED) is 0.743. The molecule has 0 fully saturated rings. The van der Waals surface area contributed by atoms with Gasteiger partial charge in [-0.15, -0.1) is 0 Å². The van der Waals surface area contributed by atoms with Crippen LogP contribution in [0.5, 0.6) is 11.5 Å². The molecule has 0 heterocycles. The van der Waals surface area contributed by atoms with Crippen molar-refractivity contribution in [1.82, 2.24) is 0 Å². The van der Waals surface area contributed by atoms with Gasteiger partial charge in [0.05, 0.1) is 10.0 Å². The average molecular weight is 371 g/mol. The summed E-state index contributed by atoms with van der Waals surface area (Å²) in [5.74, 6) is -0.00659. The topological polar surface area (TPSA) is 33.0 Å². The highest BCUT2D eigenvalue weighted by Gasteiger charge is 2.12. The van der Waals surface area contributed by atoms with Crippen molar-refractivity contribution < 1.29 is 9.13 Å². The van der Waals surface area contributed by atoms with Gasteiger partial charge in [-0.1, -0.05) is 22.0 Å². The van der Waals surface area contributed by atoms with Crippen LogP contribution < -0.4 is 4.74 Å². The second-order valence-corrected chi connectivity index (χ2v) is 5.12. The van der Waals surface area contributed by atoms with E-state index < -0.39 is 5.82 Å². The molecule has 5 heteroatoms. The van der Waals surface area contributed by atoms with Crippen molar-refractivity contribution in [3.05, 3.63) is 56.7 Å². The SMILES string of the molecule is N#Cc1ccc(Oc2cccc(Br)c2)c(F)c1Br. The third kappa shape index (κ3) is 2.71. The van der Waals surface area contributed by atoms with Crippen LogP contribution in [0.15, 0.2) is 45.3 Å². The Morgan fingerprint density at radius 1 is 1.17 bits per heavy atom. The van der Waals surface area contributed by atoms with Gasteiger partial charge in [-0.05, 0) is 46.3 Å². The first kappa shape index (κ1) is 13.1. The maximum absolute atomic E-state index is 13.9. The Hall–Kier alpha value is -1.38. The molecule has 0 aliphatic heterocycles. The van der Waals surface area contributed by atoms with Gasteiger partial charge in [-0.25, -0.2) is 4.39 Å². The van der Waals surface area contributed by atoms with Crippen LogP contribution in [-0.4, -0.2) is 0 Å². The fourth-order valence-corrected chi connectivity index (χ4v) is 2.15. The van der Waals surface area contributed by atoms with E-state index >= 15 is 0 Å². The van der Waals surface area contributed by atoms with Gasteiger partial charge in [-0.2, -0.15) is 5.26 Å². The fourth-order valence-electron chi connectivity index (χ4n) is 1.35. The van der Waals surface area contributed by atoms with Crippen LogP contribution in [0.25, 0.3) is 0 Å². The number of hydrogen-bond acceptors (Lipinski definition) is 2. The summed E-state index contributed by atoms with van der Waals surface area (Å²) in [6.07, 6.45) is 0. The molecule has 90 valence electrons. The van der Waals surface area contributed by atoms with E-state index in [2.05, 4.69) is 31.9 Å². The Labute approximate surface area is 120 Å². The highest BCUT2D eigenvalue weighted by Crippen LogP contribution is 2.32. The molecule has 0 unspecified atom stereocenters. The number of nitrogens with zero attached hydrogens (tertiary/aromatic N) is 1. The largest absolute Gasteiger partial charge is 0.454 e. The third-order valence-corrected chi connectivity index (χ3v) is 3.46. The number of halogens is 3. The van der Waals surface area contributed by atoms with Crippen LogP contribution in [-0.2, 0) is 0 Å². The predicted octanol–water partition coefficient (Wildman–Crippen LogP) is 5.01. The van der Waals surface area contributed by atoms with Crippen LogP contribution in [0.3, 0.4) is 0 Å². The number of nitriles is 1. The molecule has 0 saturated heterocycles. The highest BCUT2D eigenvalue weighted by molar-refractivity contribution is 9.10. The molecule has 0 aliphatic rings. The minimum atomic E-state index is -0.589. The lowest BCUT2D eigenvalue weighted by Gasteiger charge is -2.08. The number of ether oxygens (including phenoxy) is 1. The van der Waals surface area contributed by atoms with E-state index in [-0.39, 0.29) is 15.8 Å². The summed E-state index contributed by atoms with van der Waals surface area (Å²) < 4.78 is 20.3. The van der Waals surface area contributed by atoms with Crippen LogP contribution >= 0.6 is 31.9 Å². The Kier molecular flexibility index (Phi) is 4.00. The standard InChI is InChI=1S/C13H6Br2FNO/c14-9-2-1-3-10(6-9)18-11-5-4-8(7-17)12(15)13(11)16/h1-6H. The van der Waals surface area contributed by atoms with Crippen LogP contribution in [0, 0.1) is 17.1 Å². The smallest absolute Gasteiger partial charge is 0.181 e. The van der Waals surface area contributed by atoms with Crippen LogP contribution in [0.4, 0.5) is 4.39 Å². The fraction of sp³-hybridized carbons (Fsp3) is 0. The van der Waals surface area contributed by atoms with E-state index in [1.165, 1.54) is 12.1 Å². The van der Waals surface area contributed by atoms with Crippen molar-refractivity contribution in [2.24, 2.45) is 0 Å². The van der Waals surface area contributed by atoms with E-state index in [4.69, 9.17) is 10.00 Å². The molecule has 0 N–H and O–H groups in total. The van der Waals surface area contributed by atoms with E-state index in [1.807, 2.05) is 12.1 Å². The summed E-state index contributed by atoms with van der Waals surface area (Å²) in [4.78, 5) is 0. The molecular formula is C13H6Br2FNO. The lowest BCUT2D eigenvalue weighted by molar-refractivity contribution is 0.440. The highest BCUT2D eigenvalue weighted by atomic mass is 79.9. The molecule has 2 nitrogen and oxygen atoms in total. The Morgan fingerprint density at radius 2 is 1.94 bits per heavy atom. The summed E-state index contributed by atoms with van der Waals surface area (Å²) >= 11 is 6.34. The molecule has 18 heavy (non-hydrogen) atoms. The third-order valence-electron chi connectivity index (χ3n) is 2.19. The summed E-state index contributed by atoms with van der Waals surface area (Å²) in [5, 5.41) is 8.77. The predicted molar refractivity (Wildman–Crippen MR) is 73.0 cm³/mol. The van der Waals surface area contributed by atoms with Crippen molar-refractivity contribution in [1.29, 1.82) is 5.26 Å². The maximum Gasteiger partial charge on any atom is 0.181 e. The van der Waals surface area contributed by atoms with Crippen LogP contribution in [0.2, 0.25) is 0 Å². The normalized spacial score (nSPS) is 9.89. The summed E-state index contributed by atoms with van der Waals surface area (Å²) in [5.41, 5.74) is 0.231. The molecule has 0 spiro atoms. The van der Waals surface area contributed by atoms with Gasteiger partial charge >= 0.3 is 0 Å². The van der Waals surface area contributed by atoms with Gasteiger partial charge in [0, 0.05) is 4.47 Å². The van der Waals surface area contributed by atoms with E-state index in [1.54, 1.807) is 18.2 Å². The zero-order valence-corrected chi connectivity index (χ0v) is 12.1. The molecule has 0 amide bonds. The molecule has 0 atom stereocenters. The average Bonchev–Trinajstić information content (AvgIpc) is 2.35. The lowest BCUT2D eigenvalue weighted by atomic mass is 10.2.